The third kappa shape index (κ3) is 5.77. The third-order valence-electron chi connectivity index (χ3n) is 4.18. The van der Waals surface area contributed by atoms with Crippen molar-refractivity contribution in [3.8, 4) is 0 Å². The molecule has 0 aliphatic rings. The summed E-state index contributed by atoms with van der Waals surface area (Å²) >= 11 is 0. The lowest BCUT2D eigenvalue weighted by Gasteiger charge is -2.13. The first-order valence-corrected chi connectivity index (χ1v) is 8.94. The lowest BCUT2D eigenvalue weighted by molar-refractivity contribution is -0.383. The third-order valence-corrected chi connectivity index (χ3v) is 4.18. The first-order chi connectivity index (χ1) is 14.1. The summed E-state index contributed by atoms with van der Waals surface area (Å²) in [5, 5.41) is 16.0. The molecule has 10 nitrogen and oxygen atoms in total. The summed E-state index contributed by atoms with van der Waals surface area (Å²) in [6, 6.07) is 7.29. The van der Waals surface area contributed by atoms with Crippen LogP contribution in [0.15, 0.2) is 30.3 Å². The van der Waals surface area contributed by atoms with Gasteiger partial charge in [0.1, 0.15) is 5.69 Å². The number of amides is 2. The number of hydrogen-bond acceptors (Lipinski definition) is 7. The molecule has 0 saturated heterocycles. The summed E-state index contributed by atoms with van der Waals surface area (Å²) in [6.07, 6.45) is 0. The highest BCUT2D eigenvalue weighted by Gasteiger charge is 2.18. The Balaban J connectivity index is 1.85. The van der Waals surface area contributed by atoms with Crippen LogP contribution in [0.4, 0.5) is 17.1 Å². The zero-order chi connectivity index (χ0) is 22.4. The van der Waals surface area contributed by atoms with E-state index in [9.17, 15) is 24.5 Å². The second kappa shape index (κ2) is 9.50. The number of nitrogens with one attached hydrogen (secondary N) is 2. The van der Waals surface area contributed by atoms with Crippen LogP contribution in [0.25, 0.3) is 0 Å². The van der Waals surface area contributed by atoms with Gasteiger partial charge in [-0.25, -0.2) is 4.79 Å². The number of nitro groups is 1. The van der Waals surface area contributed by atoms with Crippen molar-refractivity contribution >= 4 is 34.8 Å². The highest BCUT2D eigenvalue weighted by atomic mass is 16.6. The van der Waals surface area contributed by atoms with E-state index in [1.807, 2.05) is 32.9 Å². The number of benzene rings is 2. The van der Waals surface area contributed by atoms with Gasteiger partial charge in [-0.3, -0.25) is 19.7 Å². The van der Waals surface area contributed by atoms with Gasteiger partial charge in [0.25, 0.3) is 11.6 Å². The van der Waals surface area contributed by atoms with Gasteiger partial charge in [0.2, 0.25) is 5.91 Å². The zero-order valence-corrected chi connectivity index (χ0v) is 16.8. The number of nitro benzene ring substituents is 1. The number of carbonyl (C=O) groups is 3. The fourth-order valence-electron chi connectivity index (χ4n) is 2.83. The van der Waals surface area contributed by atoms with Gasteiger partial charge in [0.05, 0.1) is 17.0 Å². The Morgan fingerprint density at radius 1 is 1.07 bits per heavy atom. The second-order valence-corrected chi connectivity index (χ2v) is 6.71. The number of rotatable bonds is 7. The van der Waals surface area contributed by atoms with Crippen molar-refractivity contribution in [1.29, 1.82) is 0 Å². The van der Waals surface area contributed by atoms with Crippen LogP contribution in [0.5, 0.6) is 0 Å². The second-order valence-electron chi connectivity index (χ2n) is 6.71. The molecule has 10 heteroatoms. The van der Waals surface area contributed by atoms with Gasteiger partial charge < -0.3 is 21.1 Å². The maximum absolute atomic E-state index is 12.1. The van der Waals surface area contributed by atoms with Gasteiger partial charge in [-0.15, -0.1) is 0 Å². The minimum Gasteiger partial charge on any atom is -0.452 e. The lowest BCUT2D eigenvalue weighted by Crippen LogP contribution is -2.35. The largest absolute Gasteiger partial charge is 0.452 e. The van der Waals surface area contributed by atoms with Gasteiger partial charge in [-0.1, -0.05) is 17.7 Å². The Kier molecular flexibility index (Phi) is 7.08. The van der Waals surface area contributed by atoms with E-state index < -0.39 is 35.0 Å². The molecule has 4 N–H and O–H groups in total. The Labute approximate surface area is 172 Å². The van der Waals surface area contributed by atoms with Crippen LogP contribution in [0.1, 0.15) is 27.0 Å². The van der Waals surface area contributed by atoms with E-state index in [1.165, 1.54) is 12.1 Å². The average molecular weight is 414 g/mol. The number of hydrogen-bond donors (Lipinski definition) is 3. The number of nitrogen functional groups attached to an aromatic ring is 1. The summed E-state index contributed by atoms with van der Waals surface area (Å²) in [4.78, 5) is 46.1. The normalized spacial score (nSPS) is 10.2. The summed E-state index contributed by atoms with van der Waals surface area (Å²) in [5.41, 5.74) is 8.37. The maximum Gasteiger partial charge on any atom is 0.338 e. The minimum absolute atomic E-state index is 0.0978. The van der Waals surface area contributed by atoms with E-state index in [0.717, 1.165) is 22.8 Å². The van der Waals surface area contributed by atoms with Crippen LogP contribution in [0.2, 0.25) is 0 Å². The highest BCUT2D eigenvalue weighted by molar-refractivity contribution is 5.96. The number of nitrogens with two attached hydrogens (primary N) is 1. The molecule has 0 unspecified atom stereocenters. The molecule has 2 aromatic rings. The summed E-state index contributed by atoms with van der Waals surface area (Å²) in [6.45, 7) is 4.74. The molecule has 30 heavy (non-hydrogen) atoms. The predicted molar refractivity (Wildman–Crippen MR) is 110 cm³/mol. The van der Waals surface area contributed by atoms with Crippen LogP contribution in [-0.2, 0) is 14.3 Å². The molecule has 0 spiro atoms. The van der Waals surface area contributed by atoms with Crippen molar-refractivity contribution in [3.63, 3.8) is 0 Å². The molecule has 2 amide bonds. The maximum atomic E-state index is 12.1. The minimum atomic E-state index is -0.927. The van der Waals surface area contributed by atoms with Crippen molar-refractivity contribution in [2.75, 3.05) is 24.2 Å². The van der Waals surface area contributed by atoms with Crippen molar-refractivity contribution < 1.29 is 24.0 Å². The number of esters is 1. The first-order valence-electron chi connectivity index (χ1n) is 8.94. The lowest BCUT2D eigenvalue weighted by atomic mass is 10.1. The SMILES string of the molecule is Cc1cc(C)c(NC(=O)CNC(=O)COC(=O)c2ccc(N)c([N+](=O)[O-])c2)c(C)c1. The molecule has 0 bridgehead atoms. The van der Waals surface area contributed by atoms with E-state index >= 15 is 0 Å². The summed E-state index contributed by atoms with van der Waals surface area (Å²) in [7, 11) is 0. The number of aryl methyl sites for hydroxylation is 3. The molecule has 0 atom stereocenters. The van der Waals surface area contributed by atoms with Gasteiger partial charge in [0, 0.05) is 11.8 Å². The summed E-state index contributed by atoms with van der Waals surface area (Å²) < 4.78 is 4.82. The van der Waals surface area contributed by atoms with Crippen molar-refractivity contribution in [3.05, 3.63) is 62.7 Å². The molecule has 0 radical (unpaired) electrons. The fraction of sp³-hybridized carbons (Fsp3) is 0.250. The molecule has 0 aromatic heterocycles. The van der Waals surface area contributed by atoms with Crippen molar-refractivity contribution in [2.45, 2.75) is 20.8 Å². The average Bonchev–Trinajstić information content (AvgIpc) is 2.67. The van der Waals surface area contributed by atoms with Crippen LogP contribution in [-0.4, -0.2) is 35.9 Å². The van der Waals surface area contributed by atoms with E-state index in [2.05, 4.69) is 10.6 Å². The van der Waals surface area contributed by atoms with Crippen LogP contribution >= 0.6 is 0 Å². The molecule has 2 aromatic carbocycles. The van der Waals surface area contributed by atoms with E-state index in [0.29, 0.717) is 5.69 Å². The number of carbonyl (C=O) groups excluding carboxylic acids is 3. The van der Waals surface area contributed by atoms with E-state index in [1.54, 1.807) is 0 Å². The highest BCUT2D eigenvalue weighted by Crippen LogP contribution is 2.23. The predicted octanol–water partition coefficient (Wildman–Crippen LogP) is 2.01. The number of ether oxygens (including phenoxy) is 1. The number of anilines is 2. The molecular weight excluding hydrogens is 392 g/mol. The first kappa shape index (κ1) is 22.3. The molecule has 158 valence electrons. The van der Waals surface area contributed by atoms with Crippen molar-refractivity contribution in [1.82, 2.24) is 5.32 Å². The Morgan fingerprint density at radius 2 is 1.70 bits per heavy atom. The van der Waals surface area contributed by atoms with Gasteiger partial charge in [0.15, 0.2) is 6.61 Å². The van der Waals surface area contributed by atoms with E-state index in [-0.39, 0.29) is 17.8 Å². The van der Waals surface area contributed by atoms with Gasteiger partial charge in [-0.2, -0.15) is 0 Å². The monoisotopic (exact) mass is 414 g/mol. The Morgan fingerprint density at radius 3 is 2.30 bits per heavy atom. The molecule has 0 aliphatic carbocycles. The van der Waals surface area contributed by atoms with Gasteiger partial charge >= 0.3 is 5.97 Å². The zero-order valence-electron chi connectivity index (χ0n) is 16.8. The molecule has 0 saturated carbocycles. The molecule has 2 rings (SSSR count). The molecule has 0 heterocycles. The Hall–Kier alpha value is -3.95. The van der Waals surface area contributed by atoms with Crippen LogP contribution in [0, 0.1) is 30.9 Å². The number of nitrogens with zero attached hydrogens (tertiary/aromatic N) is 1. The van der Waals surface area contributed by atoms with Crippen LogP contribution in [0.3, 0.4) is 0 Å². The molecular formula is C20H22N4O6. The summed E-state index contributed by atoms with van der Waals surface area (Å²) in [5.74, 6) is -2.05. The quantitative estimate of drug-likeness (QED) is 0.271. The van der Waals surface area contributed by atoms with E-state index in [4.69, 9.17) is 10.5 Å². The van der Waals surface area contributed by atoms with Crippen LogP contribution < -0.4 is 16.4 Å². The fourth-order valence-corrected chi connectivity index (χ4v) is 2.83. The topological polar surface area (TPSA) is 154 Å². The Bertz CT molecular complexity index is 995. The van der Waals surface area contributed by atoms with Crippen molar-refractivity contribution in [2.24, 2.45) is 0 Å². The standard InChI is InChI=1S/C20H22N4O6/c1-11-6-12(2)19(13(3)7-11)23-17(25)9-22-18(26)10-30-20(27)14-4-5-15(21)16(8-14)24(28)29/h4-8H,9-10,21H2,1-3H3,(H,22,26)(H,23,25). The van der Waals surface area contributed by atoms with Gasteiger partial charge in [-0.05, 0) is 44.0 Å². The molecule has 0 aliphatic heterocycles. The smallest absolute Gasteiger partial charge is 0.338 e. The molecule has 0 fully saturated rings.